The third kappa shape index (κ3) is 16.9. The van der Waals surface area contributed by atoms with Crippen molar-refractivity contribution in [3.05, 3.63) is 0 Å². The fraction of sp³-hybridized carbons (Fsp3) is 0.848. The average molecular weight is 652 g/mol. The lowest BCUT2D eigenvalue weighted by molar-refractivity contribution is -0.127. The minimum atomic E-state index is -0.531. The molecule has 0 bridgehead atoms. The van der Waals surface area contributed by atoms with E-state index in [1.807, 2.05) is 20.8 Å². The Bertz CT molecular complexity index is 983. The van der Waals surface area contributed by atoms with Gasteiger partial charge < -0.3 is 32.7 Å². The summed E-state index contributed by atoms with van der Waals surface area (Å²) in [6.07, 6.45) is 8.46. The molecule has 0 aliphatic heterocycles. The normalized spacial score (nSPS) is 13.5. The number of nitrogens with two attached hydrogens (primary N) is 2. The van der Waals surface area contributed by atoms with Crippen LogP contribution < -0.4 is 32.7 Å². The van der Waals surface area contributed by atoms with Gasteiger partial charge in [0.1, 0.15) is 6.04 Å². The van der Waals surface area contributed by atoms with Crippen molar-refractivity contribution in [2.45, 2.75) is 142 Å². The molecule has 1 amide bonds. The zero-order valence-electron chi connectivity index (χ0n) is 29.6. The summed E-state index contributed by atoms with van der Waals surface area (Å²) in [5.74, 6) is 2.05. The molecule has 1 aromatic heterocycles. The molecular formula is C33H65N9O2S. The third-order valence-electron chi connectivity index (χ3n) is 8.18. The van der Waals surface area contributed by atoms with E-state index >= 15 is 0 Å². The van der Waals surface area contributed by atoms with Gasteiger partial charge in [0.2, 0.25) is 17.8 Å². The van der Waals surface area contributed by atoms with Gasteiger partial charge in [0.05, 0.1) is 6.04 Å². The highest BCUT2D eigenvalue weighted by molar-refractivity contribution is 7.99. The third-order valence-corrected chi connectivity index (χ3v) is 9.06. The summed E-state index contributed by atoms with van der Waals surface area (Å²) in [6.45, 7) is 19.3. The summed E-state index contributed by atoms with van der Waals surface area (Å²) in [5.41, 5.74) is 11.1. The lowest BCUT2D eigenvalue weighted by Gasteiger charge is -2.28. The highest BCUT2D eigenvalue weighted by Crippen LogP contribution is 2.24. The smallest absolute Gasteiger partial charge is 0.242 e. The molecule has 0 saturated carbocycles. The lowest BCUT2D eigenvalue weighted by Crippen LogP contribution is -2.44. The van der Waals surface area contributed by atoms with E-state index in [2.05, 4.69) is 70.8 Å². The molecule has 2 unspecified atom stereocenters. The second kappa shape index (κ2) is 21.7. The molecule has 1 aromatic rings. The SMILES string of the molecule is CCC(C)(CC)NCCCNC(=O)C(CCCCN)Nc1nc(NC(CCCCN)C(=O)C(C)(C)C)nc(SCCC(C)C)n1. The van der Waals surface area contributed by atoms with E-state index in [0.29, 0.717) is 55.4 Å². The number of aromatic nitrogens is 3. The van der Waals surface area contributed by atoms with Crippen LogP contribution in [0.2, 0.25) is 0 Å². The first-order valence-electron chi connectivity index (χ1n) is 17.2. The van der Waals surface area contributed by atoms with E-state index in [4.69, 9.17) is 11.5 Å². The van der Waals surface area contributed by atoms with Gasteiger partial charge in [-0.25, -0.2) is 0 Å². The van der Waals surface area contributed by atoms with Gasteiger partial charge in [0, 0.05) is 23.3 Å². The zero-order valence-corrected chi connectivity index (χ0v) is 30.4. The first kappa shape index (κ1) is 41.0. The standard InChI is InChI=1S/C33H65N9O2S/c1-9-33(8,10-2)37-22-15-21-36-28(44)26(17-12-14-20-35)39-30-40-29(41-31(42-30)45-23-18-24(3)4)38-25(16-11-13-19-34)27(43)32(5,6)7/h24-26,37H,9-23,34-35H2,1-8H3,(H,36,44)(H2,38,39,40,41,42). The van der Waals surface area contributed by atoms with Crippen molar-refractivity contribution in [1.82, 2.24) is 25.6 Å². The van der Waals surface area contributed by atoms with E-state index in [-0.39, 0.29) is 17.2 Å². The van der Waals surface area contributed by atoms with E-state index in [1.54, 1.807) is 11.8 Å². The molecule has 8 N–H and O–H groups in total. The maximum atomic E-state index is 13.4. The Morgan fingerprint density at radius 1 is 0.778 bits per heavy atom. The maximum absolute atomic E-state index is 13.4. The first-order chi connectivity index (χ1) is 21.3. The van der Waals surface area contributed by atoms with E-state index in [0.717, 1.165) is 63.7 Å². The Balaban J connectivity index is 3.18. The number of hydrogen-bond donors (Lipinski definition) is 6. The van der Waals surface area contributed by atoms with Crippen molar-refractivity contribution in [2.75, 3.05) is 42.6 Å². The Labute approximate surface area is 277 Å². The Hall–Kier alpha value is -2.02. The average Bonchev–Trinajstić information content (AvgIpc) is 2.98. The van der Waals surface area contributed by atoms with Crippen LogP contribution in [0.4, 0.5) is 11.9 Å². The summed E-state index contributed by atoms with van der Waals surface area (Å²) in [4.78, 5) is 40.8. The van der Waals surface area contributed by atoms with E-state index in [1.165, 1.54) is 0 Å². The highest BCUT2D eigenvalue weighted by atomic mass is 32.2. The summed E-state index contributed by atoms with van der Waals surface area (Å²) >= 11 is 1.55. The number of unbranched alkanes of at least 4 members (excludes halogenated alkanes) is 2. The number of nitrogens with one attached hydrogen (secondary N) is 4. The Kier molecular flexibility index (Phi) is 19.8. The van der Waals surface area contributed by atoms with Crippen LogP contribution in [-0.2, 0) is 9.59 Å². The van der Waals surface area contributed by atoms with E-state index < -0.39 is 17.5 Å². The molecular weight excluding hydrogens is 586 g/mol. The molecule has 0 aromatic carbocycles. The summed E-state index contributed by atoms with van der Waals surface area (Å²) < 4.78 is 0. The second-order valence-corrected chi connectivity index (χ2v) is 14.8. The van der Waals surface area contributed by atoms with Crippen LogP contribution in [0.5, 0.6) is 0 Å². The lowest BCUT2D eigenvalue weighted by atomic mass is 9.85. The van der Waals surface area contributed by atoms with Crippen LogP contribution in [0, 0.1) is 11.3 Å². The van der Waals surface area contributed by atoms with Crippen LogP contribution in [0.1, 0.15) is 120 Å². The van der Waals surface area contributed by atoms with Gasteiger partial charge in [-0.2, -0.15) is 15.0 Å². The number of Topliss-reactive ketones (excluding diaryl/α,β-unsaturated/α-hetero) is 1. The largest absolute Gasteiger partial charge is 0.354 e. The van der Waals surface area contributed by atoms with Gasteiger partial charge in [-0.3, -0.25) is 9.59 Å². The van der Waals surface area contributed by atoms with Gasteiger partial charge in [-0.1, -0.05) is 60.2 Å². The topological polar surface area (TPSA) is 173 Å². The molecule has 0 spiro atoms. The monoisotopic (exact) mass is 651 g/mol. The molecule has 2 atom stereocenters. The molecule has 1 heterocycles. The predicted octanol–water partition coefficient (Wildman–Crippen LogP) is 5.12. The Morgan fingerprint density at radius 2 is 1.33 bits per heavy atom. The number of nitrogens with zero attached hydrogens (tertiary/aromatic N) is 3. The van der Waals surface area contributed by atoms with Gasteiger partial charge in [-0.15, -0.1) is 0 Å². The second-order valence-electron chi connectivity index (χ2n) is 13.7. The number of carbonyl (C=O) groups is 2. The molecule has 260 valence electrons. The summed E-state index contributed by atoms with van der Waals surface area (Å²) in [6, 6.07) is -0.985. The highest BCUT2D eigenvalue weighted by Gasteiger charge is 2.30. The van der Waals surface area contributed by atoms with E-state index in [9.17, 15) is 9.59 Å². The summed E-state index contributed by atoms with van der Waals surface area (Å²) in [7, 11) is 0. The number of amides is 1. The summed E-state index contributed by atoms with van der Waals surface area (Å²) in [5, 5.41) is 13.9. The number of ketones is 1. The first-order valence-corrected chi connectivity index (χ1v) is 18.2. The predicted molar refractivity (Wildman–Crippen MR) is 190 cm³/mol. The van der Waals surface area contributed by atoms with Crippen molar-refractivity contribution in [3.8, 4) is 0 Å². The van der Waals surface area contributed by atoms with Crippen molar-refractivity contribution in [1.29, 1.82) is 0 Å². The van der Waals surface area contributed by atoms with Crippen molar-refractivity contribution in [3.63, 3.8) is 0 Å². The molecule has 0 aliphatic carbocycles. The van der Waals surface area contributed by atoms with Gasteiger partial charge in [0.25, 0.3) is 0 Å². The van der Waals surface area contributed by atoms with Gasteiger partial charge in [-0.05, 0) is 96.7 Å². The molecule has 0 aliphatic rings. The van der Waals surface area contributed by atoms with Crippen molar-refractivity contribution < 1.29 is 9.59 Å². The van der Waals surface area contributed by atoms with Gasteiger partial charge >= 0.3 is 0 Å². The number of hydrogen-bond acceptors (Lipinski definition) is 11. The van der Waals surface area contributed by atoms with Gasteiger partial charge in [0.15, 0.2) is 10.9 Å². The molecule has 45 heavy (non-hydrogen) atoms. The van der Waals surface area contributed by atoms with Crippen LogP contribution in [0.3, 0.4) is 0 Å². The van der Waals surface area contributed by atoms with Crippen molar-refractivity contribution in [2.24, 2.45) is 22.8 Å². The molecule has 11 nitrogen and oxygen atoms in total. The molecule has 0 radical (unpaired) electrons. The minimum Gasteiger partial charge on any atom is -0.354 e. The minimum absolute atomic E-state index is 0.0905. The number of anilines is 2. The quantitative estimate of drug-likeness (QED) is 0.0612. The number of thioether (sulfide) groups is 1. The van der Waals surface area contributed by atoms with Crippen LogP contribution in [0.25, 0.3) is 0 Å². The van der Waals surface area contributed by atoms with Crippen molar-refractivity contribution >= 4 is 35.3 Å². The fourth-order valence-corrected chi connectivity index (χ4v) is 5.68. The van der Waals surface area contributed by atoms with Crippen LogP contribution in [0.15, 0.2) is 5.16 Å². The fourth-order valence-electron chi connectivity index (χ4n) is 4.61. The molecule has 1 rings (SSSR count). The number of carbonyl (C=O) groups excluding carboxylic acids is 2. The number of rotatable bonds is 25. The molecule has 0 fully saturated rings. The van der Waals surface area contributed by atoms with Crippen LogP contribution in [-0.4, -0.2) is 76.2 Å². The molecule has 0 saturated heterocycles. The zero-order chi connectivity index (χ0) is 33.9. The molecule has 12 heteroatoms. The Morgan fingerprint density at radius 3 is 1.84 bits per heavy atom. The maximum Gasteiger partial charge on any atom is 0.242 e. The van der Waals surface area contributed by atoms with Crippen LogP contribution >= 0.6 is 11.8 Å².